The fraction of sp³-hybridized carbons (Fsp3) is 0.889. The first-order valence-electron chi connectivity index (χ1n) is 4.54. The number of oxime groups is 1. The van der Waals surface area contributed by atoms with Gasteiger partial charge in [-0.2, -0.15) is 0 Å². The Bertz CT molecular complexity index is 205. The summed E-state index contributed by atoms with van der Waals surface area (Å²) in [5.41, 5.74) is -0.654. The molecule has 2 rings (SSSR count). The molecule has 68 valence electrons. The Labute approximate surface area is 72.4 Å². The van der Waals surface area contributed by atoms with Gasteiger partial charge in [0.1, 0.15) is 12.7 Å². The van der Waals surface area contributed by atoms with Crippen LogP contribution in [0.15, 0.2) is 5.16 Å². The third kappa shape index (κ3) is 1.12. The Morgan fingerprint density at radius 2 is 2.42 bits per heavy atom. The minimum absolute atomic E-state index is 0.432. The van der Waals surface area contributed by atoms with Crippen LogP contribution in [0.1, 0.15) is 25.7 Å². The van der Waals surface area contributed by atoms with Crippen molar-refractivity contribution in [2.24, 2.45) is 17.0 Å². The Balaban J connectivity index is 2.07. The van der Waals surface area contributed by atoms with Crippen molar-refractivity contribution in [2.75, 3.05) is 7.11 Å². The number of hydrogen-bond donors (Lipinski definition) is 1. The van der Waals surface area contributed by atoms with Gasteiger partial charge in [0.25, 0.3) is 0 Å². The Morgan fingerprint density at radius 3 is 2.92 bits per heavy atom. The molecule has 0 aromatic heterocycles. The average molecular weight is 169 g/mol. The normalized spacial score (nSPS) is 45.8. The van der Waals surface area contributed by atoms with Gasteiger partial charge in [0.05, 0.1) is 6.21 Å². The fourth-order valence-electron chi connectivity index (χ4n) is 2.65. The zero-order chi connectivity index (χ0) is 8.60. The number of hydrogen-bond acceptors (Lipinski definition) is 3. The van der Waals surface area contributed by atoms with E-state index >= 15 is 0 Å². The molecule has 0 unspecified atom stereocenters. The molecule has 2 bridgehead atoms. The molecule has 2 aliphatic rings. The first-order chi connectivity index (χ1) is 5.74. The summed E-state index contributed by atoms with van der Waals surface area (Å²) >= 11 is 0. The molecule has 0 radical (unpaired) electrons. The van der Waals surface area contributed by atoms with Crippen LogP contribution in [0.4, 0.5) is 0 Å². The van der Waals surface area contributed by atoms with Gasteiger partial charge in [-0.05, 0) is 37.5 Å². The molecule has 3 atom stereocenters. The van der Waals surface area contributed by atoms with Gasteiger partial charge < -0.3 is 9.94 Å². The van der Waals surface area contributed by atoms with Crippen molar-refractivity contribution < 1.29 is 9.94 Å². The summed E-state index contributed by atoms with van der Waals surface area (Å²) in [5, 5.41) is 13.8. The topological polar surface area (TPSA) is 41.8 Å². The Hall–Kier alpha value is -0.570. The van der Waals surface area contributed by atoms with Crippen molar-refractivity contribution >= 4 is 6.21 Å². The highest BCUT2D eigenvalue weighted by Gasteiger charge is 2.49. The van der Waals surface area contributed by atoms with E-state index in [9.17, 15) is 5.11 Å². The first-order valence-corrected chi connectivity index (χ1v) is 4.54. The largest absolute Gasteiger partial charge is 0.399 e. The second-order valence-electron chi connectivity index (χ2n) is 3.99. The van der Waals surface area contributed by atoms with Crippen molar-refractivity contribution in [1.29, 1.82) is 0 Å². The van der Waals surface area contributed by atoms with Crippen LogP contribution in [-0.4, -0.2) is 24.0 Å². The molecule has 1 N–H and O–H groups in total. The summed E-state index contributed by atoms with van der Waals surface area (Å²) < 4.78 is 0. The number of rotatable bonds is 2. The van der Waals surface area contributed by atoms with Crippen LogP contribution in [0.25, 0.3) is 0 Å². The highest BCUT2D eigenvalue weighted by Crippen LogP contribution is 2.49. The van der Waals surface area contributed by atoms with Gasteiger partial charge in [0.15, 0.2) is 0 Å². The second kappa shape index (κ2) is 2.73. The third-order valence-electron chi connectivity index (χ3n) is 3.25. The van der Waals surface area contributed by atoms with Gasteiger partial charge in [0.2, 0.25) is 0 Å². The van der Waals surface area contributed by atoms with E-state index in [2.05, 4.69) is 9.99 Å². The summed E-state index contributed by atoms with van der Waals surface area (Å²) in [4.78, 5) is 4.59. The smallest absolute Gasteiger partial charge is 0.106 e. The molecule has 3 nitrogen and oxygen atoms in total. The van der Waals surface area contributed by atoms with Crippen LogP contribution in [0, 0.1) is 11.8 Å². The van der Waals surface area contributed by atoms with Crippen LogP contribution in [0.3, 0.4) is 0 Å². The molecule has 0 spiro atoms. The van der Waals surface area contributed by atoms with E-state index in [1.165, 1.54) is 20.0 Å². The van der Waals surface area contributed by atoms with Crippen molar-refractivity contribution in [1.82, 2.24) is 0 Å². The van der Waals surface area contributed by atoms with Crippen LogP contribution in [0.2, 0.25) is 0 Å². The highest BCUT2D eigenvalue weighted by molar-refractivity contribution is 5.69. The summed E-state index contributed by atoms with van der Waals surface area (Å²) in [5.74, 6) is 1.16. The minimum Gasteiger partial charge on any atom is -0.399 e. The van der Waals surface area contributed by atoms with Crippen molar-refractivity contribution in [2.45, 2.75) is 31.3 Å². The van der Waals surface area contributed by atoms with Crippen molar-refractivity contribution in [3.05, 3.63) is 0 Å². The van der Waals surface area contributed by atoms with Crippen LogP contribution in [-0.2, 0) is 4.84 Å². The lowest BCUT2D eigenvalue weighted by molar-refractivity contribution is 0.0543. The van der Waals surface area contributed by atoms with Crippen LogP contribution in [0.5, 0.6) is 0 Å². The van der Waals surface area contributed by atoms with E-state index in [1.54, 1.807) is 6.21 Å². The number of aliphatic hydroxyl groups is 1. The van der Waals surface area contributed by atoms with Gasteiger partial charge >= 0.3 is 0 Å². The summed E-state index contributed by atoms with van der Waals surface area (Å²) in [6, 6.07) is 0. The van der Waals surface area contributed by atoms with Crippen molar-refractivity contribution in [3.63, 3.8) is 0 Å². The molecular formula is C9H15NO2. The predicted octanol–water partition coefficient (Wildman–Crippen LogP) is 1.17. The van der Waals surface area contributed by atoms with Crippen LogP contribution >= 0.6 is 0 Å². The van der Waals surface area contributed by atoms with E-state index in [1.807, 2.05) is 0 Å². The summed E-state index contributed by atoms with van der Waals surface area (Å²) in [6.45, 7) is 0. The van der Waals surface area contributed by atoms with E-state index in [0.717, 1.165) is 18.8 Å². The molecule has 0 aromatic carbocycles. The van der Waals surface area contributed by atoms with Gasteiger partial charge in [-0.15, -0.1) is 0 Å². The number of nitrogens with zero attached hydrogens (tertiary/aromatic N) is 1. The average Bonchev–Trinajstić information content (AvgIpc) is 2.60. The molecule has 0 aromatic rings. The number of fused-ring (bicyclic) bond motifs is 2. The fourth-order valence-corrected chi connectivity index (χ4v) is 2.65. The van der Waals surface area contributed by atoms with Gasteiger partial charge in [-0.1, -0.05) is 5.16 Å². The lowest BCUT2D eigenvalue weighted by Gasteiger charge is -2.27. The Kier molecular flexibility index (Phi) is 1.83. The van der Waals surface area contributed by atoms with E-state index in [-0.39, 0.29) is 0 Å². The molecule has 0 heterocycles. The maximum atomic E-state index is 10.1. The standard InChI is InChI=1S/C9H15NO2/c1-12-10-6-9(11)5-7-2-3-8(9)4-7/h6-8,11H,2-5H2,1H3/b10-6+/t7-,8+,9+/m0/s1. The molecule has 0 aliphatic heterocycles. The quantitative estimate of drug-likeness (QED) is 0.498. The first kappa shape index (κ1) is 8.05. The lowest BCUT2D eigenvalue weighted by Crippen LogP contribution is -2.36. The zero-order valence-electron chi connectivity index (χ0n) is 7.36. The molecule has 2 fully saturated rings. The molecule has 3 heteroatoms. The monoisotopic (exact) mass is 169 g/mol. The maximum Gasteiger partial charge on any atom is 0.106 e. The second-order valence-corrected chi connectivity index (χ2v) is 3.99. The summed E-state index contributed by atoms with van der Waals surface area (Å²) in [7, 11) is 1.51. The molecular weight excluding hydrogens is 154 g/mol. The predicted molar refractivity (Wildman–Crippen MR) is 45.9 cm³/mol. The zero-order valence-corrected chi connectivity index (χ0v) is 7.36. The van der Waals surface area contributed by atoms with E-state index < -0.39 is 5.60 Å². The molecule has 0 saturated heterocycles. The SMILES string of the molecule is CO/N=C/[C@]1(O)C[C@H]2CC[C@@H]1C2. The third-order valence-corrected chi connectivity index (χ3v) is 3.25. The molecule has 0 amide bonds. The summed E-state index contributed by atoms with van der Waals surface area (Å²) in [6.07, 6.45) is 6.07. The molecule has 2 aliphatic carbocycles. The van der Waals surface area contributed by atoms with Gasteiger partial charge in [-0.3, -0.25) is 0 Å². The van der Waals surface area contributed by atoms with Crippen LogP contribution < -0.4 is 0 Å². The van der Waals surface area contributed by atoms with Gasteiger partial charge in [-0.25, -0.2) is 0 Å². The minimum atomic E-state index is -0.654. The van der Waals surface area contributed by atoms with Crippen molar-refractivity contribution in [3.8, 4) is 0 Å². The van der Waals surface area contributed by atoms with E-state index in [4.69, 9.17) is 0 Å². The molecule has 12 heavy (non-hydrogen) atoms. The maximum absolute atomic E-state index is 10.1. The Morgan fingerprint density at radius 1 is 1.58 bits per heavy atom. The van der Waals surface area contributed by atoms with E-state index in [0.29, 0.717) is 5.92 Å². The van der Waals surface area contributed by atoms with Gasteiger partial charge in [0, 0.05) is 0 Å². The lowest BCUT2D eigenvalue weighted by atomic mass is 9.85. The molecule has 2 saturated carbocycles. The highest BCUT2D eigenvalue weighted by atomic mass is 16.6.